The van der Waals surface area contributed by atoms with E-state index in [0.717, 1.165) is 18.4 Å². The zero-order valence-electron chi connectivity index (χ0n) is 22.1. The number of nitrogens with one attached hydrogen (secondary N) is 4. The third kappa shape index (κ3) is 9.34. The van der Waals surface area contributed by atoms with Crippen LogP contribution in [0.3, 0.4) is 0 Å². The first kappa shape index (κ1) is 29.5. The Balaban J connectivity index is 1.64. The van der Waals surface area contributed by atoms with Crippen molar-refractivity contribution in [2.75, 3.05) is 6.54 Å². The van der Waals surface area contributed by atoms with Gasteiger partial charge in [0.05, 0.1) is 6.04 Å². The van der Waals surface area contributed by atoms with E-state index in [-0.39, 0.29) is 36.7 Å². The summed E-state index contributed by atoms with van der Waals surface area (Å²) in [6.45, 7) is 6.39. The van der Waals surface area contributed by atoms with Crippen LogP contribution in [0, 0.1) is 17.3 Å². The minimum absolute atomic E-state index is 0.0507. The molecule has 4 N–H and O–H groups in total. The van der Waals surface area contributed by atoms with E-state index in [2.05, 4.69) is 33.9 Å². The van der Waals surface area contributed by atoms with Crippen molar-refractivity contribution in [1.29, 1.82) is 0 Å². The highest BCUT2D eigenvalue weighted by Gasteiger charge is 2.40. The highest BCUT2D eigenvalue weighted by atomic mass is 32.1. The second-order valence-electron chi connectivity index (χ2n) is 11.3. The van der Waals surface area contributed by atoms with E-state index in [1.54, 1.807) is 0 Å². The Morgan fingerprint density at radius 3 is 2.21 bits per heavy atom. The smallest absolute Gasteiger partial charge is 0.408 e. The molecule has 3 rings (SSSR count). The Morgan fingerprint density at radius 1 is 1.00 bits per heavy atom. The number of carbonyl (C=O) groups excluding carboxylic acids is 5. The molecule has 0 bridgehead atoms. The number of alkyl carbamates (subject to hydrolysis) is 1. The molecule has 208 valence electrons. The maximum atomic E-state index is 13.3. The first-order valence-electron chi connectivity index (χ1n) is 13.0. The van der Waals surface area contributed by atoms with Gasteiger partial charge in [0, 0.05) is 12.5 Å². The van der Waals surface area contributed by atoms with Gasteiger partial charge >= 0.3 is 6.09 Å². The molecule has 2 aliphatic rings. The number of benzene rings is 1. The molecule has 0 spiro atoms. The zero-order chi connectivity index (χ0) is 27.9. The Labute approximate surface area is 228 Å². The first-order valence-corrected chi connectivity index (χ1v) is 13.5. The molecule has 1 aromatic carbocycles. The Bertz CT molecular complexity index is 1020. The lowest BCUT2D eigenvalue weighted by Crippen LogP contribution is -2.57. The molecule has 0 unspecified atom stereocenters. The molecule has 11 heteroatoms. The quantitative estimate of drug-likeness (QED) is 0.254. The summed E-state index contributed by atoms with van der Waals surface area (Å²) in [6.07, 6.45) is 1.82. The monoisotopic (exact) mass is 546 g/mol. The standard InChI is InChI=1S/C27H38N4O6S/c1-27(2,3)14-20(23(33)29-19(25(35)38)13-18-11-12-28-22(18)32)30-24(34)21(17-9-10-17)31-26(36)37-15-16-7-5-4-6-8-16/h4-8,17-21H,9-15H2,1-3H3,(H,28,32)(H,29,33)(H,30,34)(H,31,36)(H,35,38)/t18-,19-,20-,21-/m0/s1. The van der Waals surface area contributed by atoms with E-state index in [1.165, 1.54) is 0 Å². The molecule has 1 saturated carbocycles. The maximum absolute atomic E-state index is 13.3. The molecule has 0 radical (unpaired) electrons. The van der Waals surface area contributed by atoms with Gasteiger partial charge in [0.15, 0.2) is 0 Å². The summed E-state index contributed by atoms with van der Waals surface area (Å²) >= 11 is 3.91. The van der Waals surface area contributed by atoms with Crippen LogP contribution in [0.4, 0.5) is 4.79 Å². The van der Waals surface area contributed by atoms with Gasteiger partial charge in [0.25, 0.3) is 0 Å². The first-order chi connectivity index (χ1) is 17.9. The van der Waals surface area contributed by atoms with Crippen LogP contribution in [0.15, 0.2) is 30.3 Å². The van der Waals surface area contributed by atoms with E-state index in [0.29, 0.717) is 13.0 Å². The molecule has 4 atom stereocenters. The second kappa shape index (κ2) is 13.1. The van der Waals surface area contributed by atoms with E-state index in [9.17, 15) is 24.0 Å². The molecular formula is C27H38N4O6S. The highest BCUT2D eigenvalue weighted by molar-refractivity contribution is 7.96. The van der Waals surface area contributed by atoms with Crippen LogP contribution in [0.25, 0.3) is 0 Å². The molecular weight excluding hydrogens is 508 g/mol. The number of carbonyl (C=O) groups is 5. The molecule has 0 aromatic heterocycles. The van der Waals surface area contributed by atoms with E-state index in [1.807, 2.05) is 51.1 Å². The molecule has 1 aliphatic heterocycles. The fourth-order valence-electron chi connectivity index (χ4n) is 4.45. The summed E-state index contributed by atoms with van der Waals surface area (Å²) < 4.78 is 5.28. The van der Waals surface area contributed by atoms with Gasteiger partial charge < -0.3 is 26.0 Å². The molecule has 1 aliphatic carbocycles. The van der Waals surface area contributed by atoms with Crippen molar-refractivity contribution in [2.24, 2.45) is 17.3 Å². The van der Waals surface area contributed by atoms with Crippen molar-refractivity contribution < 1.29 is 28.7 Å². The van der Waals surface area contributed by atoms with Gasteiger partial charge in [0.1, 0.15) is 18.7 Å². The molecule has 1 saturated heterocycles. The van der Waals surface area contributed by atoms with Crippen molar-refractivity contribution in [3.8, 4) is 0 Å². The molecule has 38 heavy (non-hydrogen) atoms. The molecule has 1 aromatic rings. The largest absolute Gasteiger partial charge is 0.445 e. The van der Waals surface area contributed by atoms with Crippen LogP contribution >= 0.6 is 12.6 Å². The number of thiol groups is 1. The molecule has 1 heterocycles. The Hall–Kier alpha value is -3.08. The summed E-state index contributed by atoms with van der Waals surface area (Å²) in [5, 5.41) is 10.3. The summed E-state index contributed by atoms with van der Waals surface area (Å²) in [4.78, 5) is 63.2. The van der Waals surface area contributed by atoms with Crippen LogP contribution in [0.1, 0.15) is 58.4 Å². The minimum atomic E-state index is -0.968. The third-order valence-electron chi connectivity index (χ3n) is 6.61. The second-order valence-corrected chi connectivity index (χ2v) is 11.7. The Kier molecular flexibility index (Phi) is 10.2. The lowest BCUT2D eigenvalue weighted by Gasteiger charge is -2.29. The van der Waals surface area contributed by atoms with Crippen molar-refractivity contribution in [3.63, 3.8) is 0 Å². The number of hydrogen-bond acceptors (Lipinski definition) is 6. The van der Waals surface area contributed by atoms with Gasteiger partial charge in [0.2, 0.25) is 22.8 Å². The lowest BCUT2D eigenvalue weighted by molar-refractivity contribution is -0.132. The van der Waals surface area contributed by atoms with Gasteiger partial charge in [-0.1, -0.05) is 51.1 Å². The minimum Gasteiger partial charge on any atom is -0.445 e. The normalized spacial score (nSPS) is 19.5. The summed E-state index contributed by atoms with van der Waals surface area (Å²) in [6, 6.07) is 6.42. The molecule has 4 amide bonds. The van der Waals surface area contributed by atoms with Crippen molar-refractivity contribution in [2.45, 2.75) is 77.6 Å². The maximum Gasteiger partial charge on any atom is 0.408 e. The zero-order valence-corrected chi connectivity index (χ0v) is 23.0. The van der Waals surface area contributed by atoms with Crippen molar-refractivity contribution >= 4 is 41.6 Å². The number of ether oxygens (including phenoxy) is 1. The van der Waals surface area contributed by atoms with Gasteiger partial charge in [-0.05, 0) is 49.0 Å². The third-order valence-corrected chi connectivity index (χ3v) is 6.92. The number of rotatable bonds is 12. The van der Waals surface area contributed by atoms with Crippen molar-refractivity contribution in [1.82, 2.24) is 21.3 Å². The Morgan fingerprint density at radius 2 is 1.66 bits per heavy atom. The fourth-order valence-corrected chi connectivity index (χ4v) is 4.62. The van der Waals surface area contributed by atoms with Crippen LogP contribution in [0.2, 0.25) is 0 Å². The van der Waals surface area contributed by atoms with E-state index >= 15 is 0 Å². The topological polar surface area (TPSA) is 143 Å². The average Bonchev–Trinajstić information content (AvgIpc) is 3.61. The highest BCUT2D eigenvalue weighted by Crippen LogP contribution is 2.33. The predicted octanol–water partition coefficient (Wildman–Crippen LogP) is 2.08. The predicted molar refractivity (Wildman–Crippen MR) is 144 cm³/mol. The molecule has 2 fully saturated rings. The number of hydrogen-bond donors (Lipinski definition) is 5. The van der Waals surface area contributed by atoms with Crippen LogP contribution in [-0.4, -0.2) is 53.6 Å². The van der Waals surface area contributed by atoms with Gasteiger partial charge in [-0.2, -0.15) is 0 Å². The van der Waals surface area contributed by atoms with Gasteiger partial charge in [-0.25, -0.2) is 4.79 Å². The van der Waals surface area contributed by atoms with Gasteiger partial charge in [-0.15, -0.1) is 12.6 Å². The van der Waals surface area contributed by atoms with E-state index < -0.39 is 47.1 Å². The summed E-state index contributed by atoms with van der Waals surface area (Å²) in [7, 11) is 0. The van der Waals surface area contributed by atoms with Crippen LogP contribution in [-0.2, 0) is 30.5 Å². The van der Waals surface area contributed by atoms with Crippen LogP contribution < -0.4 is 21.3 Å². The SMILES string of the molecule is CC(C)(C)C[C@H](NC(=O)[C@@H](NC(=O)OCc1ccccc1)C1CC1)C(=O)N[C@@H](C[C@@H]1CCNC1=O)C(=O)S. The summed E-state index contributed by atoms with van der Waals surface area (Å²) in [5.74, 6) is -1.63. The average molecular weight is 547 g/mol. The number of amides is 4. The molecule has 10 nitrogen and oxygen atoms in total. The lowest BCUT2D eigenvalue weighted by atomic mass is 9.87. The fraction of sp³-hybridized carbons (Fsp3) is 0.593. The van der Waals surface area contributed by atoms with Crippen LogP contribution in [0.5, 0.6) is 0 Å². The van der Waals surface area contributed by atoms with Gasteiger partial charge in [-0.3, -0.25) is 19.2 Å². The summed E-state index contributed by atoms with van der Waals surface area (Å²) in [5.41, 5.74) is 0.485. The van der Waals surface area contributed by atoms with Crippen molar-refractivity contribution in [3.05, 3.63) is 35.9 Å². The van der Waals surface area contributed by atoms with E-state index in [4.69, 9.17) is 4.74 Å².